The van der Waals surface area contributed by atoms with Crippen molar-refractivity contribution in [3.8, 4) is 6.07 Å². The molecule has 0 unspecified atom stereocenters. The van der Waals surface area contributed by atoms with Crippen LogP contribution in [0, 0.1) is 23.2 Å². The first-order valence-electron chi connectivity index (χ1n) is 6.96. The average molecular weight is 242 g/mol. The van der Waals surface area contributed by atoms with Crippen LogP contribution in [-0.4, -0.2) is 6.04 Å². The first-order valence-corrected chi connectivity index (χ1v) is 6.96. The van der Waals surface area contributed by atoms with Crippen molar-refractivity contribution in [2.75, 3.05) is 5.32 Å². The third-order valence-corrected chi connectivity index (χ3v) is 4.12. The first-order chi connectivity index (χ1) is 8.70. The van der Waals surface area contributed by atoms with Crippen molar-refractivity contribution in [3.63, 3.8) is 0 Å². The largest absolute Gasteiger partial charge is 0.381 e. The van der Waals surface area contributed by atoms with Crippen LogP contribution in [-0.2, 0) is 0 Å². The number of para-hydroxylation sites is 1. The van der Waals surface area contributed by atoms with Crippen molar-refractivity contribution in [1.29, 1.82) is 5.26 Å². The van der Waals surface area contributed by atoms with Crippen LogP contribution in [0.15, 0.2) is 24.3 Å². The fourth-order valence-corrected chi connectivity index (χ4v) is 2.86. The standard InChI is InChI=1S/C16H22N2/c1-12(2)13-7-9-15(10-8-13)18-16-6-4-3-5-14(16)11-17/h3-6,12-13,15,18H,7-10H2,1-2H3. The number of hydrogen-bond donors (Lipinski definition) is 1. The summed E-state index contributed by atoms with van der Waals surface area (Å²) in [7, 11) is 0. The summed E-state index contributed by atoms with van der Waals surface area (Å²) in [5.41, 5.74) is 1.75. The summed E-state index contributed by atoms with van der Waals surface area (Å²) in [6, 6.07) is 10.6. The second kappa shape index (κ2) is 5.91. The molecular formula is C16H22N2. The van der Waals surface area contributed by atoms with Crippen molar-refractivity contribution in [2.45, 2.75) is 45.6 Å². The van der Waals surface area contributed by atoms with Gasteiger partial charge >= 0.3 is 0 Å². The van der Waals surface area contributed by atoms with Crippen molar-refractivity contribution >= 4 is 5.69 Å². The molecule has 0 bridgehead atoms. The molecule has 0 radical (unpaired) electrons. The van der Waals surface area contributed by atoms with Crippen LogP contribution < -0.4 is 5.32 Å². The van der Waals surface area contributed by atoms with Gasteiger partial charge in [0, 0.05) is 6.04 Å². The Bertz CT molecular complexity index is 423. The van der Waals surface area contributed by atoms with E-state index >= 15 is 0 Å². The van der Waals surface area contributed by atoms with E-state index in [-0.39, 0.29) is 0 Å². The third kappa shape index (κ3) is 3.04. The minimum absolute atomic E-state index is 0.537. The van der Waals surface area contributed by atoms with Crippen LogP contribution in [0.2, 0.25) is 0 Å². The van der Waals surface area contributed by atoms with E-state index < -0.39 is 0 Å². The molecule has 1 N–H and O–H groups in total. The van der Waals surface area contributed by atoms with E-state index in [0.717, 1.165) is 23.1 Å². The molecule has 0 heterocycles. The summed E-state index contributed by atoms with van der Waals surface area (Å²) >= 11 is 0. The van der Waals surface area contributed by atoms with E-state index in [1.807, 2.05) is 24.3 Å². The van der Waals surface area contributed by atoms with Crippen LogP contribution in [0.25, 0.3) is 0 Å². The number of nitriles is 1. The first kappa shape index (κ1) is 13.0. The minimum atomic E-state index is 0.537. The molecule has 96 valence electrons. The number of nitrogens with zero attached hydrogens (tertiary/aromatic N) is 1. The zero-order valence-electron chi connectivity index (χ0n) is 11.3. The summed E-state index contributed by atoms with van der Waals surface area (Å²) in [6.07, 6.45) is 5.07. The van der Waals surface area contributed by atoms with Gasteiger partial charge < -0.3 is 5.32 Å². The number of benzene rings is 1. The number of nitrogens with one attached hydrogen (secondary N) is 1. The fraction of sp³-hybridized carbons (Fsp3) is 0.562. The Kier molecular flexibility index (Phi) is 4.25. The zero-order chi connectivity index (χ0) is 13.0. The number of anilines is 1. The summed E-state index contributed by atoms with van der Waals surface area (Å²) in [6.45, 7) is 4.65. The van der Waals surface area contributed by atoms with Crippen LogP contribution in [0.5, 0.6) is 0 Å². The van der Waals surface area contributed by atoms with Crippen LogP contribution in [0.3, 0.4) is 0 Å². The van der Waals surface area contributed by atoms with Crippen molar-refractivity contribution < 1.29 is 0 Å². The lowest BCUT2D eigenvalue weighted by Crippen LogP contribution is -2.28. The molecule has 2 rings (SSSR count). The maximum absolute atomic E-state index is 9.07. The maximum atomic E-state index is 9.07. The monoisotopic (exact) mass is 242 g/mol. The van der Waals surface area contributed by atoms with Gasteiger partial charge in [0.25, 0.3) is 0 Å². The Balaban J connectivity index is 1.94. The van der Waals surface area contributed by atoms with Crippen LogP contribution >= 0.6 is 0 Å². The second-order valence-corrected chi connectivity index (χ2v) is 5.66. The Hall–Kier alpha value is -1.49. The molecule has 0 spiro atoms. The Morgan fingerprint density at radius 3 is 2.44 bits per heavy atom. The molecular weight excluding hydrogens is 220 g/mol. The van der Waals surface area contributed by atoms with Crippen molar-refractivity contribution in [2.24, 2.45) is 11.8 Å². The Labute approximate surface area is 110 Å². The van der Waals surface area contributed by atoms with Gasteiger partial charge in [-0.25, -0.2) is 0 Å². The van der Waals surface area contributed by atoms with E-state index in [1.165, 1.54) is 25.7 Å². The molecule has 0 amide bonds. The summed E-state index contributed by atoms with van der Waals surface area (Å²) in [5.74, 6) is 1.69. The maximum Gasteiger partial charge on any atom is 0.101 e. The Morgan fingerprint density at radius 1 is 1.17 bits per heavy atom. The SMILES string of the molecule is CC(C)C1CCC(Nc2ccccc2C#N)CC1. The van der Waals surface area contributed by atoms with Gasteiger partial charge in [-0.15, -0.1) is 0 Å². The van der Waals surface area contributed by atoms with Gasteiger partial charge in [-0.05, 0) is 49.7 Å². The molecule has 1 fully saturated rings. The smallest absolute Gasteiger partial charge is 0.101 e. The van der Waals surface area contributed by atoms with Gasteiger partial charge in [-0.1, -0.05) is 26.0 Å². The zero-order valence-corrected chi connectivity index (χ0v) is 11.3. The van der Waals surface area contributed by atoms with E-state index in [4.69, 9.17) is 5.26 Å². The van der Waals surface area contributed by atoms with Gasteiger partial charge in [0.05, 0.1) is 11.3 Å². The topological polar surface area (TPSA) is 35.8 Å². The second-order valence-electron chi connectivity index (χ2n) is 5.66. The summed E-state index contributed by atoms with van der Waals surface area (Å²) in [5, 5.41) is 12.6. The average Bonchev–Trinajstić information content (AvgIpc) is 2.40. The third-order valence-electron chi connectivity index (χ3n) is 4.12. The molecule has 2 nitrogen and oxygen atoms in total. The molecule has 18 heavy (non-hydrogen) atoms. The van der Waals surface area contributed by atoms with Crippen molar-refractivity contribution in [3.05, 3.63) is 29.8 Å². The number of rotatable bonds is 3. The predicted octanol–water partition coefficient (Wildman–Crippen LogP) is 4.18. The van der Waals surface area contributed by atoms with E-state index in [9.17, 15) is 0 Å². The lowest BCUT2D eigenvalue weighted by atomic mass is 9.79. The molecule has 1 aliphatic carbocycles. The highest BCUT2D eigenvalue weighted by Gasteiger charge is 2.23. The van der Waals surface area contributed by atoms with Crippen LogP contribution in [0.4, 0.5) is 5.69 Å². The molecule has 0 aromatic heterocycles. The highest BCUT2D eigenvalue weighted by Crippen LogP contribution is 2.31. The summed E-state index contributed by atoms with van der Waals surface area (Å²) < 4.78 is 0. The molecule has 1 aromatic rings. The Morgan fingerprint density at radius 2 is 1.83 bits per heavy atom. The highest BCUT2D eigenvalue weighted by molar-refractivity contribution is 5.57. The van der Waals surface area contributed by atoms with Crippen molar-refractivity contribution in [1.82, 2.24) is 0 Å². The highest BCUT2D eigenvalue weighted by atomic mass is 14.9. The van der Waals surface area contributed by atoms with E-state index in [0.29, 0.717) is 6.04 Å². The molecule has 1 aromatic carbocycles. The van der Waals surface area contributed by atoms with Gasteiger partial charge in [0.15, 0.2) is 0 Å². The molecule has 1 saturated carbocycles. The van der Waals surface area contributed by atoms with Gasteiger partial charge in [-0.2, -0.15) is 5.26 Å². The fourth-order valence-electron chi connectivity index (χ4n) is 2.86. The van der Waals surface area contributed by atoms with Crippen LogP contribution in [0.1, 0.15) is 45.1 Å². The molecule has 0 atom stereocenters. The molecule has 0 aliphatic heterocycles. The van der Waals surface area contributed by atoms with E-state index in [2.05, 4.69) is 25.2 Å². The normalized spacial score (nSPS) is 23.7. The predicted molar refractivity (Wildman–Crippen MR) is 75.4 cm³/mol. The van der Waals surface area contributed by atoms with E-state index in [1.54, 1.807) is 0 Å². The molecule has 2 heteroatoms. The minimum Gasteiger partial charge on any atom is -0.381 e. The quantitative estimate of drug-likeness (QED) is 0.862. The van der Waals surface area contributed by atoms with Gasteiger partial charge in [-0.3, -0.25) is 0 Å². The summed E-state index contributed by atoms with van der Waals surface area (Å²) in [4.78, 5) is 0. The van der Waals surface area contributed by atoms with Gasteiger partial charge in [0.1, 0.15) is 6.07 Å². The number of hydrogen-bond acceptors (Lipinski definition) is 2. The molecule has 1 aliphatic rings. The lowest BCUT2D eigenvalue weighted by Gasteiger charge is -2.32. The molecule has 0 saturated heterocycles. The lowest BCUT2D eigenvalue weighted by molar-refractivity contribution is 0.267. The van der Waals surface area contributed by atoms with Gasteiger partial charge in [0.2, 0.25) is 0 Å².